The minimum absolute atomic E-state index is 0.642. The number of nitrogens with zero attached hydrogens (tertiary/aromatic N) is 5. The summed E-state index contributed by atoms with van der Waals surface area (Å²) in [5.41, 5.74) is 6.08. The Balaban J connectivity index is 1.27. The first-order valence-electron chi connectivity index (χ1n) is 15.4. The summed E-state index contributed by atoms with van der Waals surface area (Å²) in [5.74, 6) is 1.95. The quantitative estimate of drug-likeness (QED) is 0.193. The van der Waals surface area contributed by atoms with Gasteiger partial charge in [0, 0.05) is 47.6 Å². The van der Waals surface area contributed by atoms with Crippen LogP contribution in [0.4, 0.5) is 0 Å². The summed E-state index contributed by atoms with van der Waals surface area (Å²) in [6.45, 7) is 0. The van der Waals surface area contributed by atoms with E-state index in [1.54, 1.807) is 22.7 Å². The molecule has 0 N–H and O–H groups in total. The first-order valence-corrected chi connectivity index (χ1v) is 17.0. The van der Waals surface area contributed by atoms with Gasteiger partial charge in [-0.25, -0.2) is 19.9 Å². The standard InChI is InChI=1S/C40H23N5S2/c1-2-12-24(13-3-1)37-42-38(44-39(43-37)28-17-11-23-34-36(28)26-15-5-8-21-32(26)46-34)27-16-10-20-31-35(27)25-14-4-7-19-30(25)45(31)40-41-29-18-6-9-22-33(29)47-40/h1-23H. The van der Waals surface area contributed by atoms with Gasteiger partial charge in [-0.3, -0.25) is 4.57 Å². The highest BCUT2D eigenvalue weighted by molar-refractivity contribution is 7.26. The zero-order valence-electron chi connectivity index (χ0n) is 24.8. The van der Waals surface area contributed by atoms with Crippen LogP contribution in [0.25, 0.3) is 91.5 Å². The Labute approximate surface area is 277 Å². The van der Waals surface area contributed by atoms with Crippen molar-refractivity contribution in [2.24, 2.45) is 0 Å². The molecule has 0 aliphatic rings. The van der Waals surface area contributed by atoms with Crippen molar-refractivity contribution in [3.63, 3.8) is 0 Å². The minimum Gasteiger partial charge on any atom is -0.285 e. The van der Waals surface area contributed by atoms with Gasteiger partial charge in [-0.2, -0.15) is 0 Å². The summed E-state index contributed by atoms with van der Waals surface area (Å²) in [6, 6.07) is 48.4. The van der Waals surface area contributed by atoms with E-state index >= 15 is 0 Å². The average Bonchev–Trinajstić information content (AvgIpc) is 3.83. The molecule has 0 aliphatic carbocycles. The molecule has 10 rings (SSSR count). The van der Waals surface area contributed by atoms with E-state index in [1.165, 1.54) is 20.2 Å². The van der Waals surface area contributed by atoms with Crippen molar-refractivity contribution in [1.29, 1.82) is 0 Å². The van der Waals surface area contributed by atoms with Gasteiger partial charge >= 0.3 is 0 Å². The van der Waals surface area contributed by atoms with Gasteiger partial charge in [0.05, 0.1) is 21.3 Å². The molecule has 0 fully saturated rings. The van der Waals surface area contributed by atoms with Gasteiger partial charge in [-0.15, -0.1) is 11.3 Å². The number of aromatic nitrogens is 5. The van der Waals surface area contributed by atoms with Crippen molar-refractivity contribution in [2.45, 2.75) is 0 Å². The van der Waals surface area contributed by atoms with Crippen LogP contribution in [-0.4, -0.2) is 24.5 Å². The normalized spacial score (nSPS) is 11.8. The predicted molar refractivity (Wildman–Crippen MR) is 197 cm³/mol. The second-order valence-corrected chi connectivity index (χ2v) is 13.6. The lowest BCUT2D eigenvalue weighted by Crippen LogP contribution is -2.01. The number of rotatable bonds is 4. The highest BCUT2D eigenvalue weighted by Gasteiger charge is 2.22. The number of benzene rings is 6. The fourth-order valence-electron chi connectivity index (χ4n) is 6.66. The molecule has 4 aromatic heterocycles. The van der Waals surface area contributed by atoms with Crippen molar-refractivity contribution in [2.75, 3.05) is 0 Å². The Kier molecular flexibility index (Phi) is 5.85. The number of hydrogen-bond donors (Lipinski definition) is 0. The Morgan fingerprint density at radius 3 is 1.85 bits per heavy atom. The fourth-order valence-corrected chi connectivity index (χ4v) is 8.79. The van der Waals surface area contributed by atoms with E-state index < -0.39 is 0 Å². The lowest BCUT2D eigenvalue weighted by Gasteiger charge is -2.11. The topological polar surface area (TPSA) is 56.5 Å². The van der Waals surface area contributed by atoms with Crippen LogP contribution in [0.1, 0.15) is 0 Å². The van der Waals surface area contributed by atoms with Gasteiger partial charge in [-0.1, -0.05) is 114 Å². The fraction of sp³-hybridized carbons (Fsp3) is 0. The summed E-state index contributed by atoms with van der Waals surface area (Å²) < 4.78 is 5.90. The van der Waals surface area contributed by atoms with Crippen molar-refractivity contribution in [3.8, 4) is 39.3 Å². The average molecular weight is 638 g/mol. The smallest absolute Gasteiger partial charge is 0.195 e. The van der Waals surface area contributed by atoms with Crippen LogP contribution < -0.4 is 0 Å². The van der Waals surface area contributed by atoms with E-state index in [-0.39, 0.29) is 0 Å². The first kappa shape index (κ1) is 26.5. The third kappa shape index (κ3) is 4.14. The maximum absolute atomic E-state index is 5.27. The largest absolute Gasteiger partial charge is 0.285 e. The van der Waals surface area contributed by atoms with Crippen LogP contribution in [0.3, 0.4) is 0 Å². The second kappa shape index (κ2) is 10.4. The first-order chi connectivity index (χ1) is 23.3. The third-order valence-electron chi connectivity index (χ3n) is 8.72. The molecule has 0 bridgehead atoms. The van der Waals surface area contributed by atoms with E-state index in [1.807, 2.05) is 24.3 Å². The lowest BCUT2D eigenvalue weighted by molar-refractivity contribution is 1.08. The maximum Gasteiger partial charge on any atom is 0.195 e. The summed E-state index contributed by atoms with van der Waals surface area (Å²) in [7, 11) is 0. The monoisotopic (exact) mass is 637 g/mol. The van der Waals surface area contributed by atoms with Crippen LogP contribution in [0.5, 0.6) is 0 Å². The van der Waals surface area contributed by atoms with E-state index in [9.17, 15) is 0 Å². The molecule has 0 aliphatic heterocycles. The van der Waals surface area contributed by atoms with Crippen molar-refractivity contribution >= 4 is 74.9 Å². The molecule has 0 unspecified atom stereocenters. The van der Waals surface area contributed by atoms with E-state index in [4.69, 9.17) is 19.9 Å². The van der Waals surface area contributed by atoms with Gasteiger partial charge < -0.3 is 0 Å². The molecule has 10 aromatic rings. The minimum atomic E-state index is 0.642. The van der Waals surface area contributed by atoms with Crippen molar-refractivity contribution < 1.29 is 0 Å². The molecule has 47 heavy (non-hydrogen) atoms. The molecule has 0 saturated heterocycles. The molecular weight excluding hydrogens is 615 g/mol. The number of fused-ring (bicyclic) bond motifs is 7. The molecule has 0 spiro atoms. The number of thiazole rings is 1. The highest BCUT2D eigenvalue weighted by Crippen LogP contribution is 2.42. The van der Waals surface area contributed by atoms with Crippen LogP contribution in [0, 0.1) is 0 Å². The zero-order valence-corrected chi connectivity index (χ0v) is 26.5. The van der Waals surface area contributed by atoms with Crippen molar-refractivity contribution in [1.82, 2.24) is 24.5 Å². The SMILES string of the molecule is c1ccc(-c2nc(-c3cccc4sc5ccccc5c34)nc(-c3cccc4c3c3ccccc3n4-c3nc4ccccc4s3)n2)cc1. The van der Waals surface area contributed by atoms with Gasteiger partial charge in [0.15, 0.2) is 22.6 Å². The van der Waals surface area contributed by atoms with Gasteiger partial charge in [0.25, 0.3) is 0 Å². The Morgan fingerprint density at radius 1 is 0.404 bits per heavy atom. The van der Waals surface area contributed by atoms with Crippen LogP contribution >= 0.6 is 22.7 Å². The molecule has 4 heterocycles. The van der Waals surface area contributed by atoms with E-state index in [0.29, 0.717) is 17.5 Å². The molecule has 0 atom stereocenters. The van der Waals surface area contributed by atoms with Crippen molar-refractivity contribution in [3.05, 3.63) is 140 Å². The molecule has 6 aromatic carbocycles. The van der Waals surface area contributed by atoms with Gasteiger partial charge in [0.1, 0.15) is 0 Å². The third-order valence-corrected chi connectivity index (χ3v) is 10.9. The van der Waals surface area contributed by atoms with Crippen LogP contribution in [-0.2, 0) is 0 Å². The number of thiophene rings is 1. The Hall–Kier alpha value is -5.76. The second-order valence-electron chi connectivity index (χ2n) is 11.5. The predicted octanol–water partition coefficient (Wildman–Crippen LogP) is 10.9. The number of para-hydroxylation sites is 2. The number of hydrogen-bond acceptors (Lipinski definition) is 6. The van der Waals surface area contributed by atoms with Crippen LogP contribution in [0.2, 0.25) is 0 Å². The summed E-state index contributed by atoms with van der Waals surface area (Å²) in [5, 5.41) is 5.55. The molecule has 220 valence electrons. The molecule has 0 amide bonds. The summed E-state index contributed by atoms with van der Waals surface area (Å²) in [4.78, 5) is 20.6. The molecule has 7 heteroatoms. The van der Waals surface area contributed by atoms with E-state index in [2.05, 4.69) is 120 Å². The van der Waals surface area contributed by atoms with Crippen LogP contribution in [0.15, 0.2) is 140 Å². The molecule has 0 radical (unpaired) electrons. The highest BCUT2D eigenvalue weighted by atomic mass is 32.1. The molecule has 5 nitrogen and oxygen atoms in total. The molecule has 0 saturated carbocycles. The maximum atomic E-state index is 5.27. The van der Waals surface area contributed by atoms with Gasteiger partial charge in [0.2, 0.25) is 0 Å². The lowest BCUT2D eigenvalue weighted by atomic mass is 10.0. The summed E-state index contributed by atoms with van der Waals surface area (Å²) >= 11 is 3.50. The van der Waals surface area contributed by atoms with E-state index in [0.717, 1.165) is 53.8 Å². The Morgan fingerprint density at radius 2 is 1.02 bits per heavy atom. The zero-order chi connectivity index (χ0) is 30.9. The summed E-state index contributed by atoms with van der Waals surface area (Å²) in [6.07, 6.45) is 0. The molecular formula is C40H23N5S2. The Bertz CT molecular complexity index is 2780. The van der Waals surface area contributed by atoms with Gasteiger partial charge in [-0.05, 0) is 36.4 Å².